The van der Waals surface area contributed by atoms with Gasteiger partial charge in [0.25, 0.3) is 5.91 Å². The maximum Gasteiger partial charge on any atom is 0.292 e. The molecule has 102 valence electrons. The number of hydrogen-bond donors (Lipinski definition) is 1. The largest absolute Gasteiger partial charge is 0.467 e. The van der Waals surface area contributed by atoms with Crippen molar-refractivity contribution >= 4 is 27.7 Å². The first kappa shape index (κ1) is 12.7. The van der Waals surface area contributed by atoms with Crippen molar-refractivity contribution < 1.29 is 13.6 Å². The standard InChI is InChI=1S/C13H10BrN3O3/c14-11-4-3-10(20-11)13(18)16-12-5-6-15-17(12)8-9-2-1-7-19-9/h1-7H,8H2,(H,16,18). The van der Waals surface area contributed by atoms with E-state index in [0.29, 0.717) is 17.0 Å². The lowest BCUT2D eigenvalue weighted by Crippen LogP contribution is -2.15. The third-order valence-electron chi connectivity index (χ3n) is 2.64. The fourth-order valence-electron chi connectivity index (χ4n) is 1.73. The van der Waals surface area contributed by atoms with Gasteiger partial charge < -0.3 is 14.2 Å². The summed E-state index contributed by atoms with van der Waals surface area (Å²) in [5.41, 5.74) is 0. The lowest BCUT2D eigenvalue weighted by Gasteiger charge is -2.06. The average Bonchev–Trinajstić information content (AvgIpc) is 3.13. The van der Waals surface area contributed by atoms with Crippen LogP contribution in [0.3, 0.4) is 0 Å². The second-order valence-electron chi connectivity index (χ2n) is 4.01. The zero-order valence-electron chi connectivity index (χ0n) is 10.2. The molecule has 0 aliphatic carbocycles. The molecule has 0 aromatic carbocycles. The van der Waals surface area contributed by atoms with Gasteiger partial charge in [-0.25, -0.2) is 4.68 Å². The van der Waals surface area contributed by atoms with Gasteiger partial charge >= 0.3 is 0 Å². The van der Waals surface area contributed by atoms with Crippen molar-refractivity contribution in [1.82, 2.24) is 9.78 Å². The van der Waals surface area contributed by atoms with Gasteiger partial charge in [0.1, 0.15) is 18.1 Å². The Balaban J connectivity index is 1.75. The quantitative estimate of drug-likeness (QED) is 0.794. The van der Waals surface area contributed by atoms with Gasteiger partial charge in [-0.15, -0.1) is 0 Å². The predicted molar refractivity (Wildman–Crippen MR) is 74.4 cm³/mol. The summed E-state index contributed by atoms with van der Waals surface area (Å²) in [5, 5.41) is 6.88. The van der Waals surface area contributed by atoms with Crippen molar-refractivity contribution in [2.45, 2.75) is 6.54 Å². The molecular weight excluding hydrogens is 326 g/mol. The summed E-state index contributed by atoms with van der Waals surface area (Å²) in [6, 6.07) is 8.61. The van der Waals surface area contributed by atoms with Crippen LogP contribution < -0.4 is 5.32 Å². The summed E-state index contributed by atoms with van der Waals surface area (Å²) in [4.78, 5) is 12.0. The summed E-state index contributed by atoms with van der Waals surface area (Å²) in [6.45, 7) is 0.442. The number of amides is 1. The normalized spacial score (nSPS) is 10.7. The van der Waals surface area contributed by atoms with Crippen molar-refractivity contribution in [3.8, 4) is 0 Å². The highest BCUT2D eigenvalue weighted by molar-refractivity contribution is 9.10. The van der Waals surface area contributed by atoms with Crippen molar-refractivity contribution in [2.75, 3.05) is 5.32 Å². The molecule has 0 aliphatic heterocycles. The molecule has 0 fully saturated rings. The molecule has 0 radical (unpaired) electrons. The van der Waals surface area contributed by atoms with Crippen molar-refractivity contribution in [1.29, 1.82) is 0 Å². The molecule has 7 heteroatoms. The van der Waals surface area contributed by atoms with Gasteiger partial charge in [-0.3, -0.25) is 4.79 Å². The lowest BCUT2D eigenvalue weighted by molar-refractivity contribution is 0.0994. The number of rotatable bonds is 4. The Bertz CT molecular complexity index is 715. The first-order valence-electron chi connectivity index (χ1n) is 5.83. The van der Waals surface area contributed by atoms with E-state index in [1.807, 2.05) is 6.07 Å². The van der Waals surface area contributed by atoms with Crippen LogP contribution in [0.2, 0.25) is 0 Å². The number of halogens is 1. The van der Waals surface area contributed by atoms with E-state index in [0.717, 1.165) is 5.76 Å². The second kappa shape index (κ2) is 5.38. The van der Waals surface area contributed by atoms with Gasteiger partial charge in [0.2, 0.25) is 0 Å². The lowest BCUT2D eigenvalue weighted by atomic mass is 10.4. The highest BCUT2D eigenvalue weighted by atomic mass is 79.9. The smallest absolute Gasteiger partial charge is 0.292 e. The molecular formula is C13H10BrN3O3. The number of carbonyl (C=O) groups is 1. The highest BCUT2D eigenvalue weighted by Crippen LogP contribution is 2.16. The van der Waals surface area contributed by atoms with Crippen LogP contribution in [0.15, 0.2) is 56.3 Å². The van der Waals surface area contributed by atoms with E-state index in [4.69, 9.17) is 8.83 Å². The van der Waals surface area contributed by atoms with E-state index in [1.54, 1.807) is 41.4 Å². The molecule has 0 aliphatic rings. The van der Waals surface area contributed by atoms with Gasteiger partial charge in [-0.1, -0.05) is 0 Å². The molecule has 3 rings (SSSR count). The number of anilines is 1. The Hall–Kier alpha value is -2.28. The first-order chi connectivity index (χ1) is 9.72. The molecule has 3 heterocycles. The summed E-state index contributed by atoms with van der Waals surface area (Å²) < 4.78 is 12.6. The average molecular weight is 336 g/mol. The number of nitrogens with one attached hydrogen (secondary N) is 1. The molecule has 1 N–H and O–H groups in total. The molecule has 0 saturated carbocycles. The maximum absolute atomic E-state index is 12.0. The van der Waals surface area contributed by atoms with Crippen molar-refractivity contribution in [2.24, 2.45) is 0 Å². The first-order valence-corrected chi connectivity index (χ1v) is 6.62. The summed E-state index contributed by atoms with van der Waals surface area (Å²) >= 11 is 3.16. The fraction of sp³-hybridized carbons (Fsp3) is 0.0769. The topological polar surface area (TPSA) is 73.2 Å². The second-order valence-corrected chi connectivity index (χ2v) is 4.79. The molecule has 3 aromatic rings. The third kappa shape index (κ3) is 2.67. The molecule has 20 heavy (non-hydrogen) atoms. The van der Waals surface area contributed by atoms with Crippen LogP contribution in [0.4, 0.5) is 5.82 Å². The summed E-state index contributed by atoms with van der Waals surface area (Å²) in [6.07, 6.45) is 3.20. The Kier molecular flexibility index (Phi) is 3.42. The third-order valence-corrected chi connectivity index (χ3v) is 3.07. The predicted octanol–water partition coefficient (Wildman–Crippen LogP) is 3.13. The Morgan fingerprint density at radius 3 is 2.95 bits per heavy atom. The molecule has 0 spiro atoms. The van der Waals surface area contributed by atoms with E-state index >= 15 is 0 Å². The monoisotopic (exact) mass is 335 g/mol. The van der Waals surface area contributed by atoms with Crippen LogP contribution in [0, 0.1) is 0 Å². The molecule has 1 amide bonds. The van der Waals surface area contributed by atoms with Gasteiger partial charge in [0.15, 0.2) is 10.4 Å². The molecule has 0 unspecified atom stereocenters. The van der Waals surface area contributed by atoms with Crippen molar-refractivity contribution in [3.05, 3.63) is 59.0 Å². The minimum absolute atomic E-state index is 0.225. The van der Waals surface area contributed by atoms with Crippen LogP contribution in [0.5, 0.6) is 0 Å². The maximum atomic E-state index is 12.0. The van der Waals surface area contributed by atoms with Crippen LogP contribution in [0.1, 0.15) is 16.3 Å². The number of hydrogen-bond acceptors (Lipinski definition) is 4. The molecule has 0 saturated heterocycles. The van der Waals surface area contributed by atoms with E-state index in [-0.39, 0.29) is 11.7 Å². The van der Waals surface area contributed by atoms with E-state index in [2.05, 4.69) is 26.3 Å². The van der Waals surface area contributed by atoms with E-state index in [1.165, 1.54) is 0 Å². The Labute approximate surface area is 122 Å². The molecule has 6 nitrogen and oxygen atoms in total. The van der Waals surface area contributed by atoms with Gasteiger partial charge in [-0.2, -0.15) is 5.10 Å². The van der Waals surface area contributed by atoms with Crippen molar-refractivity contribution in [3.63, 3.8) is 0 Å². The fourth-order valence-corrected chi connectivity index (χ4v) is 2.04. The minimum Gasteiger partial charge on any atom is -0.467 e. The SMILES string of the molecule is O=C(Nc1ccnn1Cc1ccco1)c1ccc(Br)o1. The summed E-state index contributed by atoms with van der Waals surface area (Å²) in [7, 11) is 0. The van der Waals surface area contributed by atoms with E-state index in [9.17, 15) is 4.79 Å². The zero-order chi connectivity index (χ0) is 13.9. The van der Waals surface area contributed by atoms with Gasteiger partial charge in [-0.05, 0) is 40.2 Å². The molecule has 0 bridgehead atoms. The number of carbonyl (C=O) groups excluding carboxylic acids is 1. The summed E-state index contributed by atoms with van der Waals surface area (Å²) in [5.74, 6) is 1.21. The van der Waals surface area contributed by atoms with Crippen LogP contribution in [-0.2, 0) is 6.54 Å². The van der Waals surface area contributed by atoms with Crippen LogP contribution in [-0.4, -0.2) is 15.7 Å². The number of nitrogens with zero attached hydrogens (tertiary/aromatic N) is 2. The van der Waals surface area contributed by atoms with E-state index < -0.39 is 0 Å². The van der Waals surface area contributed by atoms with Crippen LogP contribution in [0.25, 0.3) is 0 Å². The number of furan rings is 2. The zero-order valence-corrected chi connectivity index (χ0v) is 11.8. The Morgan fingerprint density at radius 1 is 1.35 bits per heavy atom. The van der Waals surface area contributed by atoms with Gasteiger partial charge in [0, 0.05) is 6.07 Å². The minimum atomic E-state index is -0.336. The number of aromatic nitrogens is 2. The molecule has 0 atom stereocenters. The molecule has 3 aromatic heterocycles. The van der Waals surface area contributed by atoms with Crippen LogP contribution >= 0.6 is 15.9 Å². The Morgan fingerprint density at radius 2 is 2.25 bits per heavy atom. The highest BCUT2D eigenvalue weighted by Gasteiger charge is 2.13. The van der Waals surface area contributed by atoms with Gasteiger partial charge in [0.05, 0.1) is 12.5 Å².